The molecule has 4 N–H and O–H groups in total. The van der Waals surface area contributed by atoms with E-state index < -0.39 is 36.3 Å². The van der Waals surface area contributed by atoms with E-state index in [1.165, 1.54) is 0 Å². The van der Waals surface area contributed by atoms with Crippen LogP contribution < -0.4 is 15.4 Å². The number of methoxy groups -OCH3 is 1. The smallest absolute Gasteiger partial charge is 0.271 e. The van der Waals surface area contributed by atoms with Gasteiger partial charge in [-0.1, -0.05) is 18.2 Å². The second kappa shape index (κ2) is 9.77. The van der Waals surface area contributed by atoms with Crippen LogP contribution in [-0.4, -0.2) is 77.4 Å². The Kier molecular flexibility index (Phi) is 6.53. The third kappa shape index (κ3) is 4.26. The van der Waals surface area contributed by atoms with Gasteiger partial charge >= 0.3 is 0 Å². The molecule has 0 radical (unpaired) electrons. The van der Waals surface area contributed by atoms with Gasteiger partial charge in [0.05, 0.1) is 13.2 Å². The maximum atomic E-state index is 13.6. The topological polar surface area (TPSA) is 141 Å². The molecule has 5 rings (SSSR count). The zero-order valence-corrected chi connectivity index (χ0v) is 20.0. The highest BCUT2D eigenvalue weighted by atomic mass is 16.5. The zero-order valence-electron chi connectivity index (χ0n) is 20.0. The molecule has 0 spiro atoms. The second-order valence-corrected chi connectivity index (χ2v) is 9.71. The maximum Gasteiger partial charge on any atom is 0.271 e. The first-order valence-electron chi connectivity index (χ1n) is 12.3. The first kappa shape index (κ1) is 24.1. The van der Waals surface area contributed by atoms with Crippen molar-refractivity contribution >= 4 is 34.4 Å². The zero-order chi connectivity index (χ0) is 25.4. The van der Waals surface area contributed by atoms with Crippen LogP contribution in [0.5, 0.6) is 5.75 Å². The number of hydrogen-bond acceptors (Lipinski definition) is 6. The van der Waals surface area contributed by atoms with Crippen molar-refractivity contribution in [2.75, 3.05) is 26.8 Å². The summed E-state index contributed by atoms with van der Waals surface area (Å²) in [7, 11) is 1.57. The molecule has 5 atom stereocenters. The summed E-state index contributed by atoms with van der Waals surface area (Å²) in [5.41, 5.74) is 1.10. The number of nitrogens with zero attached hydrogens (tertiary/aromatic N) is 1. The fourth-order valence-corrected chi connectivity index (χ4v) is 5.75. The highest BCUT2D eigenvalue weighted by molar-refractivity contribution is 6.02. The molecular formula is C26H30N4O6. The number of carbonyl (C=O) groups excluding carboxylic acids is 4. The Bertz CT molecular complexity index is 1240. The molecule has 2 saturated heterocycles. The van der Waals surface area contributed by atoms with E-state index in [0.29, 0.717) is 31.0 Å². The Labute approximate surface area is 208 Å². The lowest BCUT2D eigenvalue weighted by atomic mass is 9.92. The fraction of sp³-hybridized carbons (Fsp3) is 0.462. The highest BCUT2D eigenvalue weighted by Crippen LogP contribution is 2.39. The summed E-state index contributed by atoms with van der Waals surface area (Å²) in [6.07, 6.45) is 5.42. The molecule has 10 heteroatoms. The number of allylic oxidation sites excluding steroid dienone is 1. The number of H-pyrrole nitrogens is 1. The van der Waals surface area contributed by atoms with E-state index >= 15 is 0 Å². The lowest BCUT2D eigenvalue weighted by Crippen LogP contribution is -2.53. The normalized spacial score (nSPS) is 25.6. The lowest BCUT2D eigenvalue weighted by Gasteiger charge is -2.28. The van der Waals surface area contributed by atoms with Crippen LogP contribution in [0.15, 0.2) is 36.4 Å². The average molecular weight is 495 g/mol. The minimum absolute atomic E-state index is 0.108. The number of amides is 3. The molecule has 2 fully saturated rings. The van der Waals surface area contributed by atoms with Gasteiger partial charge in [-0.2, -0.15) is 0 Å². The molecule has 36 heavy (non-hydrogen) atoms. The number of rotatable bonds is 8. The van der Waals surface area contributed by atoms with Crippen LogP contribution >= 0.6 is 0 Å². The third-order valence-corrected chi connectivity index (χ3v) is 7.62. The summed E-state index contributed by atoms with van der Waals surface area (Å²) >= 11 is 0. The second-order valence-electron chi connectivity index (χ2n) is 9.71. The van der Waals surface area contributed by atoms with Gasteiger partial charge in [-0.05, 0) is 43.4 Å². The van der Waals surface area contributed by atoms with Gasteiger partial charge in [0.2, 0.25) is 11.8 Å². The minimum atomic E-state index is -1.00. The molecule has 10 nitrogen and oxygen atoms in total. The third-order valence-electron chi connectivity index (χ3n) is 7.62. The van der Waals surface area contributed by atoms with Gasteiger partial charge in [0.1, 0.15) is 24.1 Å². The Morgan fingerprint density at radius 3 is 2.86 bits per heavy atom. The van der Waals surface area contributed by atoms with Crippen LogP contribution in [0, 0.1) is 17.8 Å². The molecule has 0 unspecified atom stereocenters. The first-order valence-corrected chi connectivity index (χ1v) is 12.3. The van der Waals surface area contributed by atoms with Crippen molar-refractivity contribution in [3.8, 4) is 5.75 Å². The SMILES string of the molecule is COc1cccc2[nH]c(C(=O)N3C[C@@H]4CC=C[C@@H]4[C@H]3C(=O)N[C@@H](C[C@@H]3CCNC3=O)C(=O)CO)cc12. The minimum Gasteiger partial charge on any atom is -0.496 e. The Balaban J connectivity index is 1.40. The van der Waals surface area contributed by atoms with E-state index in [0.717, 1.165) is 17.3 Å². The number of nitrogens with one attached hydrogen (secondary N) is 3. The van der Waals surface area contributed by atoms with Crippen molar-refractivity contribution in [2.45, 2.75) is 31.3 Å². The van der Waals surface area contributed by atoms with E-state index in [1.807, 2.05) is 30.4 Å². The van der Waals surface area contributed by atoms with Crippen molar-refractivity contribution in [3.63, 3.8) is 0 Å². The standard InChI is InChI=1S/C26H30N4O6/c1-36-22-7-3-6-18-17(22)11-20(28-18)26(35)30-12-15-4-2-5-16(15)23(30)25(34)29-19(21(32)13-31)10-14-8-9-27-24(14)33/h2-3,5-7,11,14-16,19,23,28,31H,4,8-10,12-13H2,1H3,(H,27,33)(H,29,34)/t14-,15-,16-,19-,23-/m0/s1. The number of hydrogen-bond donors (Lipinski definition) is 4. The molecule has 1 aromatic heterocycles. The molecule has 1 aromatic carbocycles. The maximum absolute atomic E-state index is 13.6. The number of carbonyl (C=O) groups is 4. The first-order chi connectivity index (χ1) is 17.4. The molecule has 2 aromatic rings. The molecule has 0 bridgehead atoms. The largest absolute Gasteiger partial charge is 0.496 e. The van der Waals surface area contributed by atoms with Crippen LogP contribution in [0.2, 0.25) is 0 Å². The molecule has 1 aliphatic carbocycles. The summed E-state index contributed by atoms with van der Waals surface area (Å²) in [6, 6.07) is 5.41. The average Bonchev–Trinajstić information content (AvgIpc) is 3.66. The van der Waals surface area contributed by atoms with E-state index in [-0.39, 0.29) is 30.1 Å². The van der Waals surface area contributed by atoms with Crippen molar-refractivity contribution in [2.24, 2.45) is 17.8 Å². The van der Waals surface area contributed by atoms with Crippen molar-refractivity contribution < 1.29 is 29.0 Å². The number of aromatic nitrogens is 1. The van der Waals surface area contributed by atoms with Crippen LogP contribution in [0.1, 0.15) is 29.8 Å². The fourth-order valence-electron chi connectivity index (χ4n) is 5.75. The summed E-state index contributed by atoms with van der Waals surface area (Å²) in [5, 5.41) is 15.7. The molecule has 3 heterocycles. The van der Waals surface area contributed by atoms with Gasteiger partial charge in [0.25, 0.3) is 5.91 Å². The number of fused-ring (bicyclic) bond motifs is 2. The highest BCUT2D eigenvalue weighted by Gasteiger charge is 2.48. The van der Waals surface area contributed by atoms with Gasteiger partial charge < -0.3 is 30.4 Å². The molecule has 190 valence electrons. The summed E-state index contributed by atoms with van der Waals surface area (Å²) in [4.78, 5) is 56.5. The molecule has 2 aliphatic heterocycles. The number of Topliss-reactive ketones (excluding diaryl/α,β-unsaturated/α-hetero) is 1. The Morgan fingerprint density at radius 1 is 1.31 bits per heavy atom. The van der Waals surface area contributed by atoms with Gasteiger partial charge in [0, 0.05) is 35.8 Å². The van der Waals surface area contributed by atoms with Gasteiger partial charge in [-0.25, -0.2) is 0 Å². The number of likely N-dealkylation sites (tertiary alicyclic amines) is 1. The monoisotopic (exact) mass is 494 g/mol. The van der Waals surface area contributed by atoms with E-state index in [2.05, 4.69) is 15.6 Å². The summed E-state index contributed by atoms with van der Waals surface area (Å²) in [5.74, 6) is -1.32. The van der Waals surface area contributed by atoms with Crippen LogP contribution in [0.3, 0.4) is 0 Å². The summed E-state index contributed by atoms with van der Waals surface area (Å²) < 4.78 is 5.41. The van der Waals surface area contributed by atoms with Crippen molar-refractivity contribution in [1.29, 1.82) is 0 Å². The quantitative estimate of drug-likeness (QED) is 0.400. The Hall–Kier alpha value is -3.66. The van der Waals surface area contributed by atoms with E-state index in [9.17, 15) is 24.3 Å². The van der Waals surface area contributed by atoms with E-state index in [1.54, 1.807) is 18.1 Å². The number of aliphatic hydroxyl groups excluding tert-OH is 1. The van der Waals surface area contributed by atoms with Crippen LogP contribution in [0.25, 0.3) is 10.9 Å². The van der Waals surface area contributed by atoms with E-state index in [4.69, 9.17) is 4.74 Å². The molecule has 3 amide bonds. The Morgan fingerprint density at radius 2 is 2.14 bits per heavy atom. The van der Waals surface area contributed by atoms with Gasteiger partial charge in [0.15, 0.2) is 5.78 Å². The van der Waals surface area contributed by atoms with Crippen molar-refractivity contribution in [3.05, 3.63) is 42.1 Å². The summed E-state index contributed by atoms with van der Waals surface area (Å²) in [6.45, 7) is 0.187. The van der Waals surface area contributed by atoms with Crippen molar-refractivity contribution in [1.82, 2.24) is 20.5 Å². The molecule has 0 saturated carbocycles. The predicted octanol–water partition coefficient (Wildman–Crippen LogP) is 0.766. The lowest BCUT2D eigenvalue weighted by molar-refractivity contribution is -0.132. The van der Waals surface area contributed by atoms with Gasteiger partial charge in [-0.15, -0.1) is 0 Å². The number of aromatic amines is 1. The van der Waals surface area contributed by atoms with Crippen LogP contribution in [0.4, 0.5) is 0 Å². The molecular weight excluding hydrogens is 464 g/mol. The number of benzene rings is 1. The number of aliphatic hydroxyl groups is 1. The number of ether oxygens (including phenoxy) is 1. The number of ketones is 1. The van der Waals surface area contributed by atoms with Crippen LogP contribution in [-0.2, 0) is 14.4 Å². The molecule has 3 aliphatic rings. The van der Waals surface area contributed by atoms with Gasteiger partial charge in [-0.3, -0.25) is 19.2 Å². The predicted molar refractivity (Wildman–Crippen MR) is 130 cm³/mol.